The van der Waals surface area contributed by atoms with Crippen LogP contribution in [0.25, 0.3) is 0 Å². The number of ketones is 1. The molecule has 1 amide bonds. The fraction of sp³-hybridized carbons (Fsp3) is 0.667. The number of carbonyl (C=O) groups excluding carboxylic acids is 2. The van der Waals surface area contributed by atoms with E-state index in [9.17, 15) is 9.59 Å². The van der Waals surface area contributed by atoms with Crippen molar-refractivity contribution in [3.8, 4) is 0 Å². The fourth-order valence-corrected chi connectivity index (χ4v) is 1.76. The molecule has 2 aliphatic rings. The van der Waals surface area contributed by atoms with Crippen LogP contribution in [-0.2, 0) is 9.59 Å². The summed E-state index contributed by atoms with van der Waals surface area (Å²) in [5.41, 5.74) is 1.02. The van der Waals surface area contributed by atoms with Gasteiger partial charge in [0, 0.05) is 37.2 Å². The zero-order valence-corrected chi connectivity index (χ0v) is 9.42. The molecule has 0 atom stereocenters. The molecule has 0 heterocycles. The van der Waals surface area contributed by atoms with Crippen molar-refractivity contribution in [2.24, 2.45) is 0 Å². The molecule has 0 bridgehead atoms. The highest BCUT2D eigenvalue weighted by Gasteiger charge is 2.22. The van der Waals surface area contributed by atoms with Crippen LogP contribution in [0.15, 0.2) is 11.8 Å². The number of carbonyl (C=O) groups is 2. The van der Waals surface area contributed by atoms with Crippen LogP contribution in [0.4, 0.5) is 0 Å². The summed E-state index contributed by atoms with van der Waals surface area (Å²) in [6.45, 7) is 0.775. The minimum atomic E-state index is 0.153. The molecule has 4 heteroatoms. The molecule has 2 aliphatic carbocycles. The van der Waals surface area contributed by atoms with Crippen LogP contribution in [0.1, 0.15) is 38.5 Å². The van der Waals surface area contributed by atoms with Crippen molar-refractivity contribution >= 4 is 11.7 Å². The zero-order valence-electron chi connectivity index (χ0n) is 9.42. The van der Waals surface area contributed by atoms with Crippen molar-refractivity contribution in [2.45, 2.75) is 44.6 Å². The standard InChI is InChI=1S/C12H18N2O2/c15-11-6-5-10(8-11)13-7-1-2-12(16)14-9-3-4-9/h8-9,13H,1-7H2,(H,14,16). The average molecular weight is 222 g/mol. The molecule has 0 saturated heterocycles. The number of amides is 1. The first-order valence-electron chi connectivity index (χ1n) is 6.00. The van der Waals surface area contributed by atoms with Gasteiger partial charge in [-0.1, -0.05) is 0 Å². The van der Waals surface area contributed by atoms with Gasteiger partial charge in [-0.15, -0.1) is 0 Å². The second-order valence-electron chi connectivity index (χ2n) is 4.51. The number of allylic oxidation sites excluding steroid dienone is 2. The second-order valence-corrected chi connectivity index (χ2v) is 4.51. The van der Waals surface area contributed by atoms with Crippen molar-refractivity contribution in [2.75, 3.05) is 6.54 Å². The summed E-state index contributed by atoms with van der Waals surface area (Å²) in [4.78, 5) is 22.3. The molecule has 0 aromatic rings. The number of hydrogen-bond acceptors (Lipinski definition) is 3. The van der Waals surface area contributed by atoms with E-state index in [1.54, 1.807) is 6.08 Å². The Labute approximate surface area is 95.5 Å². The van der Waals surface area contributed by atoms with Crippen LogP contribution in [0.5, 0.6) is 0 Å². The van der Waals surface area contributed by atoms with Crippen molar-refractivity contribution in [3.05, 3.63) is 11.8 Å². The first-order chi connectivity index (χ1) is 7.74. The molecule has 88 valence electrons. The smallest absolute Gasteiger partial charge is 0.220 e. The number of rotatable bonds is 6. The topological polar surface area (TPSA) is 58.2 Å². The molecule has 2 rings (SSSR count). The van der Waals surface area contributed by atoms with E-state index in [2.05, 4.69) is 10.6 Å². The van der Waals surface area contributed by atoms with Crippen LogP contribution in [0, 0.1) is 0 Å². The van der Waals surface area contributed by atoms with Gasteiger partial charge in [-0.2, -0.15) is 0 Å². The van der Waals surface area contributed by atoms with Gasteiger partial charge < -0.3 is 10.6 Å². The average Bonchev–Trinajstić information content (AvgIpc) is 2.95. The first-order valence-corrected chi connectivity index (χ1v) is 6.00. The van der Waals surface area contributed by atoms with E-state index in [1.165, 1.54) is 0 Å². The van der Waals surface area contributed by atoms with Crippen molar-refractivity contribution in [1.82, 2.24) is 10.6 Å². The molecule has 16 heavy (non-hydrogen) atoms. The Hall–Kier alpha value is -1.32. The van der Waals surface area contributed by atoms with Gasteiger partial charge in [-0.3, -0.25) is 9.59 Å². The quantitative estimate of drug-likeness (QED) is 0.656. The van der Waals surface area contributed by atoms with Crippen LogP contribution in [0.2, 0.25) is 0 Å². The molecule has 0 aromatic carbocycles. The lowest BCUT2D eigenvalue weighted by Crippen LogP contribution is -2.26. The molecule has 0 radical (unpaired) electrons. The maximum Gasteiger partial charge on any atom is 0.220 e. The largest absolute Gasteiger partial charge is 0.388 e. The Bertz CT molecular complexity index is 319. The molecule has 0 unspecified atom stereocenters. The first kappa shape index (κ1) is 11.2. The van der Waals surface area contributed by atoms with Gasteiger partial charge in [0.15, 0.2) is 5.78 Å². The molecule has 0 spiro atoms. The van der Waals surface area contributed by atoms with Gasteiger partial charge in [0.25, 0.3) is 0 Å². The Morgan fingerprint density at radius 3 is 2.81 bits per heavy atom. The SMILES string of the molecule is O=C1C=C(NCCCC(=O)NC2CC2)CC1. The van der Waals surface area contributed by atoms with E-state index in [0.717, 1.165) is 37.9 Å². The molecule has 1 fully saturated rings. The Morgan fingerprint density at radius 2 is 2.19 bits per heavy atom. The van der Waals surface area contributed by atoms with Crippen molar-refractivity contribution in [3.63, 3.8) is 0 Å². The Kier molecular flexibility index (Phi) is 3.59. The lowest BCUT2D eigenvalue weighted by atomic mass is 10.2. The molecular formula is C12H18N2O2. The van der Waals surface area contributed by atoms with Crippen molar-refractivity contribution in [1.29, 1.82) is 0 Å². The van der Waals surface area contributed by atoms with E-state index in [4.69, 9.17) is 0 Å². The van der Waals surface area contributed by atoms with Crippen LogP contribution in [-0.4, -0.2) is 24.3 Å². The zero-order chi connectivity index (χ0) is 11.4. The van der Waals surface area contributed by atoms with Crippen molar-refractivity contribution < 1.29 is 9.59 Å². The van der Waals surface area contributed by atoms with Crippen LogP contribution in [0.3, 0.4) is 0 Å². The highest BCUT2D eigenvalue weighted by Crippen LogP contribution is 2.18. The highest BCUT2D eigenvalue weighted by molar-refractivity contribution is 5.92. The summed E-state index contributed by atoms with van der Waals surface area (Å²) >= 11 is 0. The third-order valence-electron chi connectivity index (χ3n) is 2.85. The molecule has 4 nitrogen and oxygen atoms in total. The summed E-state index contributed by atoms with van der Waals surface area (Å²) < 4.78 is 0. The van der Waals surface area contributed by atoms with Gasteiger partial charge in [0.05, 0.1) is 0 Å². The van der Waals surface area contributed by atoms with E-state index >= 15 is 0 Å². The molecular weight excluding hydrogens is 204 g/mol. The van der Waals surface area contributed by atoms with Gasteiger partial charge in [0.1, 0.15) is 0 Å². The predicted molar refractivity (Wildman–Crippen MR) is 60.7 cm³/mol. The van der Waals surface area contributed by atoms with E-state index in [0.29, 0.717) is 18.9 Å². The summed E-state index contributed by atoms with van der Waals surface area (Å²) in [6.07, 6.45) is 6.80. The summed E-state index contributed by atoms with van der Waals surface area (Å²) in [7, 11) is 0. The predicted octanol–water partition coefficient (Wildman–Crippen LogP) is 0.882. The maximum absolute atomic E-state index is 11.3. The van der Waals surface area contributed by atoms with Gasteiger partial charge in [0.2, 0.25) is 5.91 Å². The fourth-order valence-electron chi connectivity index (χ4n) is 1.76. The Morgan fingerprint density at radius 1 is 1.38 bits per heavy atom. The lowest BCUT2D eigenvalue weighted by molar-refractivity contribution is -0.121. The number of nitrogens with one attached hydrogen (secondary N) is 2. The molecule has 2 N–H and O–H groups in total. The number of hydrogen-bond donors (Lipinski definition) is 2. The third-order valence-corrected chi connectivity index (χ3v) is 2.85. The lowest BCUT2D eigenvalue weighted by Gasteiger charge is -2.06. The third kappa shape index (κ3) is 3.68. The normalized spacial score (nSPS) is 19.5. The monoisotopic (exact) mass is 222 g/mol. The van der Waals surface area contributed by atoms with E-state index < -0.39 is 0 Å². The summed E-state index contributed by atoms with van der Waals surface area (Å²) in [5.74, 6) is 0.356. The van der Waals surface area contributed by atoms with Gasteiger partial charge in [-0.25, -0.2) is 0 Å². The maximum atomic E-state index is 11.3. The van der Waals surface area contributed by atoms with Crippen LogP contribution < -0.4 is 10.6 Å². The minimum absolute atomic E-state index is 0.153. The molecule has 1 saturated carbocycles. The van der Waals surface area contributed by atoms with E-state index in [-0.39, 0.29) is 11.7 Å². The second kappa shape index (κ2) is 5.14. The summed E-state index contributed by atoms with van der Waals surface area (Å²) in [5, 5.41) is 6.15. The Balaban J connectivity index is 1.52. The molecule has 0 aromatic heterocycles. The highest BCUT2D eigenvalue weighted by atomic mass is 16.1. The minimum Gasteiger partial charge on any atom is -0.388 e. The van der Waals surface area contributed by atoms with Crippen LogP contribution >= 0.6 is 0 Å². The summed E-state index contributed by atoms with van der Waals surface area (Å²) in [6, 6.07) is 0.454. The molecule has 0 aliphatic heterocycles. The van der Waals surface area contributed by atoms with Gasteiger partial charge in [-0.05, 0) is 25.7 Å². The van der Waals surface area contributed by atoms with Gasteiger partial charge >= 0.3 is 0 Å². The van der Waals surface area contributed by atoms with E-state index in [1.807, 2.05) is 0 Å².